The van der Waals surface area contributed by atoms with Gasteiger partial charge in [0.15, 0.2) is 0 Å². The Hall–Kier alpha value is -2.99. The van der Waals surface area contributed by atoms with E-state index in [1.807, 2.05) is 75.7 Å². The maximum absolute atomic E-state index is 12.6. The summed E-state index contributed by atoms with van der Waals surface area (Å²) >= 11 is 1.46. The van der Waals surface area contributed by atoms with Crippen LogP contribution in [0.4, 0.5) is 10.5 Å². The van der Waals surface area contributed by atoms with Crippen molar-refractivity contribution in [2.75, 3.05) is 12.0 Å². The summed E-state index contributed by atoms with van der Waals surface area (Å²) in [5.41, 5.74) is 9.86. The molecule has 2 aromatic carbocycles. The minimum Gasteiger partial charge on any atom is -0.444 e. The van der Waals surface area contributed by atoms with Crippen LogP contribution in [0.2, 0.25) is 0 Å². The molecule has 0 bridgehead atoms. The molecule has 1 amide bonds. The van der Waals surface area contributed by atoms with Crippen LogP contribution >= 0.6 is 35.7 Å². The van der Waals surface area contributed by atoms with E-state index in [0.29, 0.717) is 23.0 Å². The summed E-state index contributed by atoms with van der Waals surface area (Å²) in [6.45, 7) is 7.29. The first-order valence-electron chi connectivity index (χ1n) is 11.6. The van der Waals surface area contributed by atoms with E-state index in [4.69, 9.17) is 15.9 Å². The van der Waals surface area contributed by atoms with Gasteiger partial charge >= 0.3 is 6.09 Å². The zero-order valence-electron chi connectivity index (χ0n) is 21.7. The van der Waals surface area contributed by atoms with Gasteiger partial charge in [-0.1, -0.05) is 30.3 Å². The van der Waals surface area contributed by atoms with Gasteiger partial charge < -0.3 is 25.8 Å². The van der Waals surface area contributed by atoms with Crippen LogP contribution in [0.5, 0.6) is 0 Å². The predicted molar refractivity (Wildman–Crippen MR) is 165 cm³/mol. The zero-order valence-corrected chi connectivity index (χ0v) is 24.9. The highest BCUT2D eigenvalue weighted by atomic mass is 127. The van der Waals surface area contributed by atoms with E-state index in [1.165, 1.54) is 11.8 Å². The number of carbonyl (C=O) groups excluding carboxylic acids is 1. The monoisotopic (exact) mass is 634 g/mol. The normalized spacial score (nSPS) is 11.6. The largest absolute Gasteiger partial charge is 0.444 e. The summed E-state index contributed by atoms with van der Waals surface area (Å²) in [7, 11) is 0. The number of H-pyrrole nitrogens is 2. The highest BCUT2D eigenvalue weighted by Crippen LogP contribution is 2.26. The molecule has 0 aliphatic carbocycles. The van der Waals surface area contributed by atoms with E-state index >= 15 is 0 Å². The van der Waals surface area contributed by atoms with E-state index in [1.54, 1.807) is 13.1 Å². The summed E-state index contributed by atoms with van der Waals surface area (Å²) < 4.78 is 5.49. The number of nitrogens with one attached hydrogen (secondary N) is 4. The van der Waals surface area contributed by atoms with Gasteiger partial charge in [0.25, 0.3) is 0 Å². The van der Waals surface area contributed by atoms with Crippen molar-refractivity contribution >= 4 is 63.5 Å². The maximum atomic E-state index is 12.6. The molecule has 0 saturated carbocycles. The number of amides is 1. The van der Waals surface area contributed by atoms with Crippen LogP contribution in [0.15, 0.2) is 60.9 Å². The van der Waals surface area contributed by atoms with Crippen molar-refractivity contribution < 1.29 is 9.53 Å². The number of aromatic amines is 2. The van der Waals surface area contributed by atoms with E-state index in [2.05, 4.69) is 26.3 Å². The Labute approximate surface area is 239 Å². The van der Waals surface area contributed by atoms with E-state index in [-0.39, 0.29) is 24.0 Å². The molecule has 0 spiro atoms. The van der Waals surface area contributed by atoms with E-state index in [9.17, 15) is 4.79 Å². The molecule has 37 heavy (non-hydrogen) atoms. The summed E-state index contributed by atoms with van der Waals surface area (Å²) in [6, 6.07) is 15.2. The van der Waals surface area contributed by atoms with Gasteiger partial charge in [-0.25, -0.2) is 9.78 Å². The Morgan fingerprint density at radius 3 is 2.46 bits per heavy atom. The maximum Gasteiger partial charge on any atom is 0.408 e. The number of anilines is 1. The quantitative estimate of drug-likeness (QED) is 0.0704. The fourth-order valence-electron chi connectivity index (χ4n) is 3.51. The van der Waals surface area contributed by atoms with Crippen LogP contribution in [0.25, 0.3) is 22.2 Å². The van der Waals surface area contributed by atoms with Gasteiger partial charge in [0.2, 0.25) is 0 Å². The third-order valence-corrected chi connectivity index (χ3v) is 5.86. The average molecular weight is 635 g/mol. The first kappa shape index (κ1) is 30.2. The standard InChI is InChI=1S/C24H27N5O2.C3H7NS.HI/c1-24(2,3)31-23(30)29-20(12-16-13-26-19-7-5-4-6-18(16)19)22-27-14-21(28-22)15-8-10-17(25)11-9-15;1-3(4)5-2;/h4-11,13-14,20,26H,12,25H2,1-3H3,(H,27,28)(H,29,30);4H,1-2H3;1H. The summed E-state index contributed by atoms with van der Waals surface area (Å²) in [5.74, 6) is 0.656. The van der Waals surface area contributed by atoms with Gasteiger partial charge in [0.05, 0.1) is 23.0 Å². The number of nitrogens with zero attached hydrogens (tertiary/aromatic N) is 1. The second-order valence-corrected chi connectivity index (χ2v) is 10.3. The molecule has 2 aromatic heterocycles. The number of para-hydroxylation sites is 1. The highest BCUT2D eigenvalue weighted by molar-refractivity contribution is 14.0. The van der Waals surface area contributed by atoms with Crippen LogP contribution < -0.4 is 11.1 Å². The molecule has 0 aliphatic rings. The molecule has 0 fully saturated rings. The molecule has 10 heteroatoms. The number of halogens is 1. The minimum atomic E-state index is -0.590. The molecule has 1 atom stereocenters. The fraction of sp³-hybridized carbons (Fsp3) is 0.296. The number of nitrogens with two attached hydrogens (primary N) is 1. The van der Waals surface area contributed by atoms with Crippen molar-refractivity contribution in [1.82, 2.24) is 20.3 Å². The summed E-state index contributed by atoms with van der Waals surface area (Å²) in [6.07, 6.45) is 5.70. The van der Waals surface area contributed by atoms with Gasteiger partial charge in [-0.15, -0.1) is 35.7 Å². The van der Waals surface area contributed by atoms with Crippen molar-refractivity contribution in [3.8, 4) is 11.3 Å². The number of alkyl carbamates (subject to hydrolysis) is 1. The van der Waals surface area contributed by atoms with Gasteiger partial charge in [-0.05, 0) is 63.3 Å². The molecule has 2 heterocycles. The third kappa shape index (κ3) is 9.12. The number of nitrogen functional groups attached to an aromatic ring is 1. The topological polar surface area (TPSA) is 133 Å². The number of ether oxygens (including phenoxy) is 1. The lowest BCUT2D eigenvalue weighted by molar-refractivity contribution is 0.0501. The van der Waals surface area contributed by atoms with Crippen LogP contribution in [0.1, 0.15) is 45.1 Å². The highest BCUT2D eigenvalue weighted by Gasteiger charge is 2.24. The number of hydrogen-bond acceptors (Lipinski definition) is 6. The van der Waals surface area contributed by atoms with Crippen molar-refractivity contribution in [2.24, 2.45) is 0 Å². The third-order valence-electron chi connectivity index (χ3n) is 5.24. The molecular formula is C27H35IN6O2S. The van der Waals surface area contributed by atoms with Crippen LogP contribution in [-0.4, -0.2) is 37.9 Å². The van der Waals surface area contributed by atoms with Gasteiger partial charge in [-0.2, -0.15) is 0 Å². The SMILES string of the molecule is CC(C)(C)OC(=O)NC(Cc1c[nH]c2ccccc12)c1ncc(-c2ccc(N)cc2)[nH]1.CSC(C)=N.I. The lowest BCUT2D eigenvalue weighted by Gasteiger charge is -2.23. The average Bonchev–Trinajstić information content (AvgIpc) is 3.46. The molecule has 0 saturated heterocycles. The molecule has 198 valence electrons. The molecule has 8 nitrogen and oxygen atoms in total. The number of benzene rings is 2. The fourth-order valence-corrected chi connectivity index (χ4v) is 3.51. The number of aromatic nitrogens is 3. The van der Waals surface area contributed by atoms with E-state index in [0.717, 1.165) is 27.7 Å². The molecule has 4 rings (SSSR count). The second kappa shape index (κ2) is 13.5. The Kier molecular flexibility index (Phi) is 11.1. The molecule has 0 aliphatic heterocycles. The van der Waals surface area contributed by atoms with Gasteiger partial charge in [-0.3, -0.25) is 5.41 Å². The molecule has 0 radical (unpaired) electrons. The smallest absolute Gasteiger partial charge is 0.408 e. The number of rotatable bonds is 5. The molecular weight excluding hydrogens is 599 g/mol. The van der Waals surface area contributed by atoms with Crippen LogP contribution in [0, 0.1) is 5.41 Å². The lowest BCUT2D eigenvalue weighted by Crippen LogP contribution is -2.36. The Morgan fingerprint density at radius 1 is 1.19 bits per heavy atom. The molecule has 1 unspecified atom stereocenters. The van der Waals surface area contributed by atoms with Crippen molar-refractivity contribution in [3.63, 3.8) is 0 Å². The van der Waals surface area contributed by atoms with Crippen molar-refractivity contribution in [2.45, 2.75) is 45.8 Å². The number of hydrogen-bond donors (Lipinski definition) is 5. The molecule has 4 aromatic rings. The first-order chi connectivity index (χ1) is 17.1. The Bertz CT molecular complexity index is 1310. The summed E-state index contributed by atoms with van der Waals surface area (Å²) in [4.78, 5) is 23.7. The Morgan fingerprint density at radius 2 is 1.84 bits per heavy atom. The Balaban J connectivity index is 0.000000734. The second-order valence-electron chi connectivity index (χ2n) is 9.33. The minimum absolute atomic E-state index is 0. The number of imidazole rings is 1. The van der Waals surface area contributed by atoms with E-state index < -0.39 is 17.7 Å². The van der Waals surface area contributed by atoms with Crippen molar-refractivity contribution in [3.05, 3.63) is 72.3 Å². The lowest BCUT2D eigenvalue weighted by atomic mass is 10.0. The first-order valence-corrected chi connectivity index (χ1v) is 12.8. The van der Waals surface area contributed by atoms with Gasteiger partial charge in [0, 0.05) is 29.2 Å². The summed E-state index contributed by atoms with van der Waals surface area (Å²) in [5, 5.41) is 11.5. The number of thioether (sulfide) groups is 1. The van der Waals surface area contributed by atoms with Gasteiger partial charge in [0.1, 0.15) is 11.4 Å². The molecule has 6 N–H and O–H groups in total. The van der Waals surface area contributed by atoms with Crippen molar-refractivity contribution in [1.29, 1.82) is 5.41 Å². The van der Waals surface area contributed by atoms with Crippen LogP contribution in [0.3, 0.4) is 0 Å². The predicted octanol–water partition coefficient (Wildman–Crippen LogP) is 6.91. The van der Waals surface area contributed by atoms with Crippen LogP contribution in [-0.2, 0) is 11.2 Å². The number of fused-ring (bicyclic) bond motifs is 1. The zero-order chi connectivity index (χ0) is 26.3. The number of carbonyl (C=O) groups is 1.